The topological polar surface area (TPSA) is 57.2 Å². The van der Waals surface area contributed by atoms with Gasteiger partial charge in [0.05, 0.1) is 7.11 Å². The first kappa shape index (κ1) is 12.8. The van der Waals surface area contributed by atoms with Crippen molar-refractivity contribution in [1.82, 2.24) is 4.57 Å². The summed E-state index contributed by atoms with van der Waals surface area (Å²) in [7, 11) is 3.26. The van der Waals surface area contributed by atoms with Crippen molar-refractivity contribution in [1.29, 1.82) is 0 Å². The minimum Gasteiger partial charge on any atom is -0.464 e. The predicted molar refractivity (Wildman–Crippen MR) is 63.3 cm³/mol. The molecule has 90 valence electrons. The molecule has 0 aliphatic carbocycles. The molecule has 0 unspecified atom stereocenters. The van der Waals surface area contributed by atoms with Crippen molar-refractivity contribution >= 4 is 5.97 Å². The number of carbonyl (C=O) groups excluding carboxylic acids is 1. The average molecular weight is 224 g/mol. The van der Waals surface area contributed by atoms with Crippen molar-refractivity contribution in [3.8, 4) is 0 Å². The molecule has 0 aliphatic rings. The van der Waals surface area contributed by atoms with Crippen LogP contribution >= 0.6 is 0 Å². The van der Waals surface area contributed by atoms with E-state index in [9.17, 15) is 4.79 Å². The summed E-state index contributed by atoms with van der Waals surface area (Å²) in [6.45, 7) is 4.83. The van der Waals surface area contributed by atoms with E-state index in [0.717, 1.165) is 12.1 Å². The summed E-state index contributed by atoms with van der Waals surface area (Å²) in [4.78, 5) is 11.4. The quantitative estimate of drug-likeness (QED) is 0.785. The van der Waals surface area contributed by atoms with Gasteiger partial charge in [0, 0.05) is 12.7 Å². The maximum absolute atomic E-state index is 11.4. The molecular formula is C12H20N2O2. The average Bonchev–Trinajstić information content (AvgIpc) is 2.59. The number of methoxy groups -OCH3 is 1. The zero-order valence-electron chi connectivity index (χ0n) is 10.4. The second-order valence-electron chi connectivity index (χ2n) is 4.81. The Labute approximate surface area is 96.4 Å². The highest BCUT2D eigenvalue weighted by atomic mass is 16.5. The van der Waals surface area contributed by atoms with Gasteiger partial charge in [0.2, 0.25) is 0 Å². The van der Waals surface area contributed by atoms with E-state index < -0.39 is 0 Å². The number of nitrogens with two attached hydrogens (primary N) is 1. The molecule has 0 atom stereocenters. The first-order chi connectivity index (χ1) is 7.41. The van der Waals surface area contributed by atoms with Crippen LogP contribution in [0.5, 0.6) is 0 Å². The fourth-order valence-electron chi connectivity index (χ4n) is 1.60. The molecule has 0 spiro atoms. The number of hydrogen-bond donors (Lipinski definition) is 1. The van der Waals surface area contributed by atoms with Crippen LogP contribution in [0.2, 0.25) is 0 Å². The lowest BCUT2D eigenvalue weighted by Crippen LogP contribution is -2.27. The van der Waals surface area contributed by atoms with Crippen LogP contribution in [-0.4, -0.2) is 24.2 Å². The molecule has 16 heavy (non-hydrogen) atoms. The Morgan fingerprint density at radius 3 is 2.62 bits per heavy atom. The molecule has 0 amide bonds. The Kier molecular flexibility index (Phi) is 3.75. The molecule has 4 heteroatoms. The molecule has 1 aromatic rings. The van der Waals surface area contributed by atoms with Crippen LogP contribution in [0.3, 0.4) is 0 Å². The van der Waals surface area contributed by atoms with E-state index in [0.29, 0.717) is 12.2 Å². The molecular weight excluding hydrogens is 204 g/mol. The first-order valence-corrected chi connectivity index (χ1v) is 5.34. The Morgan fingerprint density at radius 1 is 1.50 bits per heavy atom. The van der Waals surface area contributed by atoms with E-state index in [1.807, 2.05) is 17.7 Å². The molecule has 2 N–H and O–H groups in total. The van der Waals surface area contributed by atoms with Gasteiger partial charge in [-0.3, -0.25) is 0 Å². The molecule has 0 aromatic carbocycles. The van der Waals surface area contributed by atoms with Gasteiger partial charge in [-0.25, -0.2) is 4.79 Å². The zero-order valence-corrected chi connectivity index (χ0v) is 10.4. The molecule has 0 saturated carbocycles. The summed E-state index contributed by atoms with van der Waals surface area (Å²) in [6, 6.07) is 3.73. The van der Waals surface area contributed by atoms with E-state index in [2.05, 4.69) is 13.8 Å². The third kappa shape index (κ3) is 2.64. The summed E-state index contributed by atoms with van der Waals surface area (Å²) in [6.07, 6.45) is 0.844. The Bertz CT molecular complexity index is 380. The summed E-state index contributed by atoms with van der Waals surface area (Å²) in [5.41, 5.74) is 7.41. The molecule has 1 rings (SSSR count). The second kappa shape index (κ2) is 4.70. The summed E-state index contributed by atoms with van der Waals surface area (Å²) >= 11 is 0. The van der Waals surface area contributed by atoms with Crippen molar-refractivity contribution in [2.24, 2.45) is 18.2 Å². The van der Waals surface area contributed by atoms with Gasteiger partial charge in [0.1, 0.15) is 5.69 Å². The molecule has 0 radical (unpaired) electrons. The van der Waals surface area contributed by atoms with E-state index in [4.69, 9.17) is 10.5 Å². The standard InChI is InChI=1S/C12H20N2O2/c1-12(2,8-13)7-9-5-6-10(14(9)3)11(15)16-4/h5-6H,7-8,13H2,1-4H3. The monoisotopic (exact) mass is 224 g/mol. The zero-order chi connectivity index (χ0) is 12.3. The van der Waals surface area contributed by atoms with E-state index in [-0.39, 0.29) is 11.4 Å². The fourth-order valence-corrected chi connectivity index (χ4v) is 1.60. The maximum Gasteiger partial charge on any atom is 0.354 e. The Morgan fingerprint density at radius 2 is 2.12 bits per heavy atom. The van der Waals surface area contributed by atoms with Crippen molar-refractivity contribution in [2.75, 3.05) is 13.7 Å². The first-order valence-electron chi connectivity index (χ1n) is 5.34. The van der Waals surface area contributed by atoms with E-state index >= 15 is 0 Å². The Balaban J connectivity index is 2.92. The van der Waals surface area contributed by atoms with Crippen LogP contribution in [0.25, 0.3) is 0 Å². The lowest BCUT2D eigenvalue weighted by atomic mass is 9.88. The molecule has 1 heterocycles. The van der Waals surface area contributed by atoms with Gasteiger partial charge in [0.15, 0.2) is 0 Å². The van der Waals surface area contributed by atoms with Gasteiger partial charge in [-0.2, -0.15) is 0 Å². The largest absolute Gasteiger partial charge is 0.464 e. The normalized spacial score (nSPS) is 11.6. The van der Waals surface area contributed by atoms with Gasteiger partial charge in [0.25, 0.3) is 0 Å². The van der Waals surface area contributed by atoms with Crippen LogP contribution in [0.1, 0.15) is 30.0 Å². The maximum atomic E-state index is 11.4. The second-order valence-corrected chi connectivity index (χ2v) is 4.81. The third-order valence-electron chi connectivity index (χ3n) is 2.83. The summed E-state index contributed by atoms with van der Waals surface area (Å²) in [5, 5.41) is 0. The third-order valence-corrected chi connectivity index (χ3v) is 2.83. The fraction of sp³-hybridized carbons (Fsp3) is 0.583. The molecule has 4 nitrogen and oxygen atoms in total. The van der Waals surface area contributed by atoms with Crippen LogP contribution in [0, 0.1) is 5.41 Å². The van der Waals surface area contributed by atoms with Gasteiger partial charge < -0.3 is 15.0 Å². The van der Waals surface area contributed by atoms with Gasteiger partial charge >= 0.3 is 5.97 Å². The van der Waals surface area contributed by atoms with Crippen molar-refractivity contribution < 1.29 is 9.53 Å². The van der Waals surface area contributed by atoms with E-state index in [1.54, 1.807) is 6.07 Å². The van der Waals surface area contributed by atoms with E-state index in [1.165, 1.54) is 7.11 Å². The van der Waals surface area contributed by atoms with Crippen LogP contribution in [0.15, 0.2) is 12.1 Å². The number of hydrogen-bond acceptors (Lipinski definition) is 3. The minimum absolute atomic E-state index is 0.0412. The SMILES string of the molecule is COC(=O)c1ccc(CC(C)(C)CN)n1C. The smallest absolute Gasteiger partial charge is 0.354 e. The number of ether oxygens (including phenoxy) is 1. The predicted octanol–water partition coefficient (Wildman–Crippen LogP) is 1.34. The lowest BCUT2D eigenvalue weighted by Gasteiger charge is -2.22. The Hall–Kier alpha value is -1.29. The number of esters is 1. The van der Waals surface area contributed by atoms with Gasteiger partial charge in [-0.15, -0.1) is 0 Å². The highest BCUT2D eigenvalue weighted by Crippen LogP contribution is 2.21. The van der Waals surface area contributed by atoms with Crippen LogP contribution in [-0.2, 0) is 18.2 Å². The molecule has 0 saturated heterocycles. The molecule has 0 bridgehead atoms. The highest BCUT2D eigenvalue weighted by molar-refractivity contribution is 5.87. The number of aromatic nitrogens is 1. The van der Waals surface area contributed by atoms with Crippen LogP contribution in [0.4, 0.5) is 0 Å². The van der Waals surface area contributed by atoms with Gasteiger partial charge in [-0.1, -0.05) is 13.8 Å². The van der Waals surface area contributed by atoms with Gasteiger partial charge in [-0.05, 0) is 30.5 Å². The number of carbonyl (C=O) groups is 1. The summed E-state index contributed by atoms with van der Waals surface area (Å²) in [5.74, 6) is -0.306. The molecule has 0 aliphatic heterocycles. The number of rotatable bonds is 4. The highest BCUT2D eigenvalue weighted by Gasteiger charge is 2.20. The lowest BCUT2D eigenvalue weighted by molar-refractivity contribution is 0.0589. The van der Waals surface area contributed by atoms with Crippen LogP contribution < -0.4 is 5.73 Å². The van der Waals surface area contributed by atoms with Crippen molar-refractivity contribution in [3.63, 3.8) is 0 Å². The molecule has 0 fully saturated rings. The van der Waals surface area contributed by atoms with Crippen molar-refractivity contribution in [3.05, 3.63) is 23.5 Å². The van der Waals surface area contributed by atoms with Crippen molar-refractivity contribution in [2.45, 2.75) is 20.3 Å². The molecule has 1 aromatic heterocycles. The number of nitrogens with zero attached hydrogens (tertiary/aromatic N) is 1. The summed E-state index contributed by atoms with van der Waals surface area (Å²) < 4.78 is 6.57. The minimum atomic E-state index is -0.306.